The maximum Gasteiger partial charge on any atom is 0.267 e. The molecule has 0 unspecified atom stereocenters. The SMILES string of the molecule is CC(C)c1cc(CCN2CCNCC2)c(O)c(C(F)F)c1. The van der Waals surface area contributed by atoms with E-state index in [9.17, 15) is 13.9 Å². The smallest absolute Gasteiger partial charge is 0.267 e. The fourth-order valence-electron chi connectivity index (χ4n) is 2.65. The van der Waals surface area contributed by atoms with Crippen LogP contribution in [0.1, 0.15) is 42.9 Å². The highest BCUT2D eigenvalue weighted by atomic mass is 19.3. The summed E-state index contributed by atoms with van der Waals surface area (Å²) in [6.07, 6.45) is -2.03. The topological polar surface area (TPSA) is 35.5 Å². The normalized spacial score (nSPS) is 16.9. The second-order valence-electron chi connectivity index (χ2n) is 5.91. The second-order valence-corrected chi connectivity index (χ2v) is 5.91. The van der Waals surface area contributed by atoms with Gasteiger partial charge in [-0.2, -0.15) is 0 Å². The number of nitrogens with one attached hydrogen (secondary N) is 1. The molecule has 1 heterocycles. The summed E-state index contributed by atoms with van der Waals surface area (Å²) in [5.74, 6) is -0.0643. The highest BCUT2D eigenvalue weighted by molar-refractivity contribution is 5.45. The van der Waals surface area contributed by atoms with Gasteiger partial charge < -0.3 is 15.3 Å². The molecule has 0 radical (unpaired) electrons. The molecule has 1 saturated heterocycles. The van der Waals surface area contributed by atoms with E-state index in [1.165, 1.54) is 6.07 Å². The summed E-state index contributed by atoms with van der Waals surface area (Å²) in [4.78, 5) is 2.29. The predicted octanol–water partition coefficient (Wildman–Crippen LogP) is 2.90. The third-order valence-corrected chi connectivity index (χ3v) is 4.05. The monoisotopic (exact) mass is 298 g/mol. The Morgan fingerprint density at radius 3 is 2.48 bits per heavy atom. The first-order valence-electron chi connectivity index (χ1n) is 7.56. The average molecular weight is 298 g/mol. The lowest BCUT2D eigenvalue weighted by Gasteiger charge is -2.27. The number of halogens is 2. The zero-order valence-corrected chi connectivity index (χ0v) is 12.7. The molecule has 2 rings (SSSR count). The summed E-state index contributed by atoms with van der Waals surface area (Å²) in [7, 11) is 0. The maximum atomic E-state index is 13.1. The van der Waals surface area contributed by atoms with Gasteiger partial charge in [-0.05, 0) is 29.5 Å². The number of nitrogens with zero attached hydrogens (tertiary/aromatic N) is 1. The van der Waals surface area contributed by atoms with Crippen LogP contribution in [-0.4, -0.2) is 42.7 Å². The predicted molar refractivity (Wildman–Crippen MR) is 80.2 cm³/mol. The summed E-state index contributed by atoms with van der Waals surface area (Å²) >= 11 is 0. The van der Waals surface area contributed by atoms with Crippen LogP contribution in [-0.2, 0) is 6.42 Å². The molecule has 21 heavy (non-hydrogen) atoms. The van der Waals surface area contributed by atoms with Crippen molar-refractivity contribution >= 4 is 0 Å². The van der Waals surface area contributed by atoms with Crippen LogP contribution in [0.5, 0.6) is 5.75 Å². The van der Waals surface area contributed by atoms with E-state index in [1.54, 1.807) is 0 Å². The number of hydrogen-bond donors (Lipinski definition) is 2. The lowest BCUT2D eigenvalue weighted by atomic mass is 9.95. The molecule has 0 saturated carbocycles. The molecule has 0 bridgehead atoms. The Balaban J connectivity index is 2.16. The molecule has 3 nitrogen and oxygen atoms in total. The van der Waals surface area contributed by atoms with Crippen molar-refractivity contribution in [1.29, 1.82) is 0 Å². The summed E-state index contributed by atoms with van der Waals surface area (Å²) < 4.78 is 26.1. The zero-order chi connectivity index (χ0) is 15.4. The maximum absolute atomic E-state index is 13.1. The lowest BCUT2D eigenvalue weighted by Crippen LogP contribution is -2.44. The first-order valence-corrected chi connectivity index (χ1v) is 7.56. The molecule has 118 valence electrons. The van der Waals surface area contributed by atoms with Gasteiger partial charge in [0.25, 0.3) is 6.43 Å². The van der Waals surface area contributed by atoms with Gasteiger partial charge in [-0.3, -0.25) is 0 Å². The number of benzene rings is 1. The minimum Gasteiger partial charge on any atom is -0.507 e. The minimum atomic E-state index is -2.64. The standard InChI is InChI=1S/C16H24F2N2O/c1-11(2)13-9-12(15(21)14(10-13)16(17)18)3-6-20-7-4-19-5-8-20/h9-11,16,19,21H,3-8H2,1-2H3. The molecule has 0 spiro atoms. The molecule has 5 heteroatoms. The number of alkyl halides is 2. The minimum absolute atomic E-state index is 0.168. The van der Waals surface area contributed by atoms with Crippen molar-refractivity contribution in [1.82, 2.24) is 10.2 Å². The lowest BCUT2D eigenvalue weighted by molar-refractivity contribution is 0.147. The Morgan fingerprint density at radius 2 is 1.90 bits per heavy atom. The van der Waals surface area contributed by atoms with Crippen LogP contribution in [0.3, 0.4) is 0 Å². The van der Waals surface area contributed by atoms with E-state index in [1.807, 2.05) is 19.9 Å². The molecule has 2 N–H and O–H groups in total. The van der Waals surface area contributed by atoms with Crippen molar-refractivity contribution in [3.8, 4) is 5.75 Å². The number of aromatic hydroxyl groups is 1. The summed E-state index contributed by atoms with van der Waals surface area (Å²) in [6.45, 7) is 8.59. The number of phenolic OH excluding ortho intramolecular Hbond substituents is 1. The highest BCUT2D eigenvalue weighted by Gasteiger charge is 2.19. The molecule has 1 aliphatic rings. The van der Waals surface area contributed by atoms with Crippen molar-refractivity contribution in [3.05, 3.63) is 28.8 Å². The molecule has 1 aliphatic heterocycles. The first-order chi connectivity index (χ1) is 9.99. The molecule has 1 aromatic carbocycles. The van der Waals surface area contributed by atoms with Crippen LogP contribution >= 0.6 is 0 Å². The van der Waals surface area contributed by atoms with Crippen LogP contribution in [0.15, 0.2) is 12.1 Å². The molecular formula is C16H24F2N2O. The Hall–Kier alpha value is -1.20. The van der Waals surface area contributed by atoms with Crippen molar-refractivity contribution in [2.45, 2.75) is 32.6 Å². The van der Waals surface area contributed by atoms with E-state index in [4.69, 9.17) is 0 Å². The Labute approximate surface area is 125 Å². The number of hydrogen-bond acceptors (Lipinski definition) is 3. The van der Waals surface area contributed by atoms with Gasteiger partial charge in [0.2, 0.25) is 0 Å². The van der Waals surface area contributed by atoms with Gasteiger partial charge in [0.05, 0.1) is 5.56 Å². The van der Waals surface area contributed by atoms with Gasteiger partial charge >= 0.3 is 0 Å². The third kappa shape index (κ3) is 4.14. The molecule has 0 aromatic heterocycles. The Bertz CT molecular complexity index is 472. The van der Waals surface area contributed by atoms with Crippen molar-refractivity contribution in [3.63, 3.8) is 0 Å². The van der Waals surface area contributed by atoms with Gasteiger partial charge in [-0.25, -0.2) is 8.78 Å². The van der Waals surface area contributed by atoms with Crippen LogP contribution in [0.25, 0.3) is 0 Å². The van der Waals surface area contributed by atoms with Gasteiger partial charge in [0, 0.05) is 32.7 Å². The fraction of sp³-hybridized carbons (Fsp3) is 0.625. The number of piperazine rings is 1. The van der Waals surface area contributed by atoms with Crippen molar-refractivity contribution < 1.29 is 13.9 Å². The van der Waals surface area contributed by atoms with Gasteiger partial charge in [0.1, 0.15) is 5.75 Å². The summed E-state index contributed by atoms with van der Waals surface area (Å²) in [6, 6.07) is 3.30. The quantitative estimate of drug-likeness (QED) is 0.877. The summed E-state index contributed by atoms with van der Waals surface area (Å²) in [5, 5.41) is 13.4. The van der Waals surface area contributed by atoms with Gasteiger partial charge in [-0.15, -0.1) is 0 Å². The first kappa shape index (κ1) is 16.2. The third-order valence-electron chi connectivity index (χ3n) is 4.05. The number of rotatable bonds is 5. The van der Waals surface area contributed by atoms with Crippen LogP contribution in [0.2, 0.25) is 0 Å². The molecule has 0 atom stereocenters. The van der Waals surface area contributed by atoms with Gasteiger partial charge in [-0.1, -0.05) is 19.9 Å². The second kappa shape index (κ2) is 7.18. The van der Waals surface area contributed by atoms with Crippen LogP contribution < -0.4 is 5.32 Å². The molecule has 1 fully saturated rings. The molecule has 0 amide bonds. The van der Waals surface area contributed by atoms with E-state index in [-0.39, 0.29) is 17.2 Å². The van der Waals surface area contributed by atoms with Gasteiger partial charge in [0.15, 0.2) is 0 Å². The van der Waals surface area contributed by atoms with E-state index in [0.717, 1.165) is 38.3 Å². The van der Waals surface area contributed by atoms with Crippen molar-refractivity contribution in [2.75, 3.05) is 32.7 Å². The Morgan fingerprint density at radius 1 is 1.24 bits per heavy atom. The zero-order valence-electron chi connectivity index (χ0n) is 12.7. The van der Waals surface area contributed by atoms with Crippen LogP contribution in [0, 0.1) is 0 Å². The largest absolute Gasteiger partial charge is 0.507 e. The molecular weight excluding hydrogens is 274 g/mol. The summed E-state index contributed by atoms with van der Waals surface area (Å²) in [5.41, 5.74) is 1.25. The van der Waals surface area contributed by atoms with E-state index < -0.39 is 6.43 Å². The van der Waals surface area contributed by atoms with E-state index in [0.29, 0.717) is 12.0 Å². The van der Waals surface area contributed by atoms with Crippen molar-refractivity contribution in [2.24, 2.45) is 0 Å². The average Bonchev–Trinajstić information content (AvgIpc) is 2.46. The van der Waals surface area contributed by atoms with E-state index in [2.05, 4.69) is 10.2 Å². The van der Waals surface area contributed by atoms with Crippen LogP contribution in [0.4, 0.5) is 8.78 Å². The molecule has 1 aromatic rings. The fourth-order valence-corrected chi connectivity index (χ4v) is 2.65. The number of phenols is 1. The highest BCUT2D eigenvalue weighted by Crippen LogP contribution is 2.34. The Kier molecular flexibility index (Phi) is 5.53. The van der Waals surface area contributed by atoms with E-state index >= 15 is 0 Å². The molecule has 0 aliphatic carbocycles.